The average Bonchev–Trinajstić information content (AvgIpc) is 2.41. The van der Waals surface area contributed by atoms with E-state index in [0.717, 1.165) is 12.8 Å². The van der Waals surface area contributed by atoms with Crippen LogP contribution in [0.2, 0.25) is 0 Å². The van der Waals surface area contributed by atoms with Crippen molar-refractivity contribution in [3.8, 4) is 11.5 Å². The van der Waals surface area contributed by atoms with Crippen molar-refractivity contribution in [2.45, 2.75) is 18.9 Å². The van der Waals surface area contributed by atoms with E-state index in [0.29, 0.717) is 29.5 Å². The Hall–Kier alpha value is -1.75. The van der Waals surface area contributed by atoms with Crippen molar-refractivity contribution in [3.05, 3.63) is 23.8 Å². The van der Waals surface area contributed by atoms with E-state index >= 15 is 0 Å². The van der Waals surface area contributed by atoms with Gasteiger partial charge in [-0.25, -0.2) is 0 Å². The van der Waals surface area contributed by atoms with Crippen molar-refractivity contribution < 1.29 is 19.4 Å². The van der Waals surface area contributed by atoms with Gasteiger partial charge in [-0.2, -0.15) is 0 Å². The quantitative estimate of drug-likeness (QED) is 0.839. The number of ether oxygens (including phenoxy) is 2. The van der Waals surface area contributed by atoms with Crippen molar-refractivity contribution >= 4 is 5.91 Å². The van der Waals surface area contributed by atoms with Gasteiger partial charge < -0.3 is 19.9 Å². The van der Waals surface area contributed by atoms with Gasteiger partial charge in [-0.1, -0.05) is 0 Å². The maximum Gasteiger partial charge on any atom is 0.251 e. The lowest BCUT2D eigenvalue weighted by molar-refractivity contribution is 0.0420. The average molecular weight is 265 g/mol. The summed E-state index contributed by atoms with van der Waals surface area (Å²) < 4.78 is 10.3. The minimum atomic E-state index is -0.196. The fourth-order valence-corrected chi connectivity index (χ4v) is 2.14. The third kappa shape index (κ3) is 3.38. The highest BCUT2D eigenvalue weighted by Crippen LogP contribution is 2.26. The van der Waals surface area contributed by atoms with Crippen LogP contribution in [0.4, 0.5) is 0 Å². The smallest absolute Gasteiger partial charge is 0.251 e. The molecule has 2 N–H and O–H groups in total. The van der Waals surface area contributed by atoms with E-state index in [-0.39, 0.29) is 12.0 Å². The molecule has 1 saturated carbocycles. The van der Waals surface area contributed by atoms with E-state index in [1.165, 1.54) is 0 Å². The molecule has 0 saturated heterocycles. The number of aliphatic hydroxyl groups excluding tert-OH is 1. The molecule has 2 rings (SSSR count). The van der Waals surface area contributed by atoms with Gasteiger partial charge in [-0.05, 0) is 30.9 Å². The summed E-state index contributed by atoms with van der Waals surface area (Å²) in [5, 5.41) is 12.1. The summed E-state index contributed by atoms with van der Waals surface area (Å²) in [7, 11) is 3.10. The zero-order chi connectivity index (χ0) is 13.8. The first-order valence-electron chi connectivity index (χ1n) is 6.31. The van der Waals surface area contributed by atoms with Crippen LogP contribution < -0.4 is 14.8 Å². The lowest BCUT2D eigenvalue weighted by atomic mass is 9.82. The monoisotopic (exact) mass is 265 g/mol. The van der Waals surface area contributed by atoms with Crippen molar-refractivity contribution in [1.29, 1.82) is 0 Å². The minimum Gasteiger partial charge on any atom is -0.497 e. The lowest BCUT2D eigenvalue weighted by Gasteiger charge is -2.31. The summed E-state index contributed by atoms with van der Waals surface area (Å²) in [4.78, 5) is 12.0. The third-order valence-electron chi connectivity index (χ3n) is 3.38. The van der Waals surface area contributed by atoms with Gasteiger partial charge in [0.2, 0.25) is 0 Å². The largest absolute Gasteiger partial charge is 0.497 e. The van der Waals surface area contributed by atoms with E-state index in [4.69, 9.17) is 9.47 Å². The fraction of sp³-hybridized carbons (Fsp3) is 0.500. The molecule has 0 spiro atoms. The molecule has 1 aliphatic rings. The highest BCUT2D eigenvalue weighted by molar-refractivity contribution is 5.95. The van der Waals surface area contributed by atoms with E-state index in [1.807, 2.05) is 0 Å². The van der Waals surface area contributed by atoms with Gasteiger partial charge in [0.25, 0.3) is 5.91 Å². The normalized spacial score (nSPS) is 21.4. The van der Waals surface area contributed by atoms with E-state index in [9.17, 15) is 9.90 Å². The molecule has 0 bridgehead atoms. The number of hydrogen-bond donors (Lipinski definition) is 2. The van der Waals surface area contributed by atoms with Gasteiger partial charge in [-0.3, -0.25) is 4.79 Å². The minimum absolute atomic E-state index is 0.154. The second-order valence-corrected chi connectivity index (χ2v) is 4.80. The Kier molecular flexibility index (Phi) is 4.27. The number of carbonyl (C=O) groups is 1. The van der Waals surface area contributed by atoms with Gasteiger partial charge in [0.05, 0.1) is 20.3 Å². The first kappa shape index (κ1) is 13.7. The second kappa shape index (κ2) is 5.93. The van der Waals surface area contributed by atoms with Crippen molar-refractivity contribution in [2.75, 3.05) is 20.8 Å². The SMILES string of the molecule is COc1cc(OC)cc(C(=O)NCC2CC(O)C2)c1. The summed E-state index contributed by atoms with van der Waals surface area (Å²) >= 11 is 0. The summed E-state index contributed by atoms with van der Waals surface area (Å²) in [5.74, 6) is 1.40. The summed E-state index contributed by atoms with van der Waals surface area (Å²) in [5.41, 5.74) is 0.510. The van der Waals surface area contributed by atoms with E-state index < -0.39 is 0 Å². The molecule has 1 aromatic carbocycles. The zero-order valence-corrected chi connectivity index (χ0v) is 11.2. The lowest BCUT2D eigenvalue weighted by Crippen LogP contribution is -2.38. The molecule has 0 heterocycles. The number of benzene rings is 1. The molecule has 1 fully saturated rings. The molecule has 5 nitrogen and oxygen atoms in total. The third-order valence-corrected chi connectivity index (χ3v) is 3.38. The van der Waals surface area contributed by atoms with Crippen LogP contribution in [0.3, 0.4) is 0 Å². The fourth-order valence-electron chi connectivity index (χ4n) is 2.14. The van der Waals surface area contributed by atoms with Crippen LogP contribution in [0.15, 0.2) is 18.2 Å². The van der Waals surface area contributed by atoms with Gasteiger partial charge in [0.1, 0.15) is 11.5 Å². The first-order valence-corrected chi connectivity index (χ1v) is 6.31. The summed E-state index contributed by atoms with van der Waals surface area (Å²) in [6.45, 7) is 0.593. The highest BCUT2D eigenvalue weighted by atomic mass is 16.5. The molecule has 1 amide bonds. The predicted molar refractivity (Wildman–Crippen MR) is 70.6 cm³/mol. The highest BCUT2D eigenvalue weighted by Gasteiger charge is 2.27. The van der Waals surface area contributed by atoms with Crippen LogP contribution in [0.5, 0.6) is 11.5 Å². The Balaban J connectivity index is 1.97. The maximum atomic E-state index is 12.0. The molecule has 1 aliphatic carbocycles. The van der Waals surface area contributed by atoms with Gasteiger partial charge in [0.15, 0.2) is 0 Å². The zero-order valence-electron chi connectivity index (χ0n) is 11.2. The molecule has 5 heteroatoms. The van der Waals surface area contributed by atoms with E-state index in [1.54, 1.807) is 32.4 Å². The van der Waals surface area contributed by atoms with Crippen LogP contribution in [-0.4, -0.2) is 37.9 Å². The van der Waals surface area contributed by atoms with E-state index in [2.05, 4.69) is 5.32 Å². The second-order valence-electron chi connectivity index (χ2n) is 4.80. The predicted octanol–water partition coefficient (Wildman–Crippen LogP) is 1.20. The number of amides is 1. The molecule has 0 atom stereocenters. The maximum absolute atomic E-state index is 12.0. The Morgan fingerprint density at radius 1 is 1.26 bits per heavy atom. The standard InChI is InChI=1S/C14H19NO4/c1-18-12-5-10(6-13(7-12)19-2)14(17)15-8-9-3-11(16)4-9/h5-7,9,11,16H,3-4,8H2,1-2H3,(H,15,17). The topological polar surface area (TPSA) is 67.8 Å². The molecule has 0 radical (unpaired) electrons. The Morgan fingerprint density at radius 3 is 2.32 bits per heavy atom. The molecular weight excluding hydrogens is 246 g/mol. The van der Waals surface area contributed by atoms with Gasteiger partial charge >= 0.3 is 0 Å². The molecule has 0 aromatic heterocycles. The van der Waals surface area contributed by atoms with Crippen LogP contribution in [0, 0.1) is 5.92 Å². The van der Waals surface area contributed by atoms with Gasteiger partial charge in [0, 0.05) is 18.2 Å². The molecular formula is C14H19NO4. The van der Waals surface area contributed by atoms with Crippen LogP contribution in [0.25, 0.3) is 0 Å². The summed E-state index contributed by atoms with van der Waals surface area (Å²) in [6.07, 6.45) is 1.34. The molecule has 0 unspecified atom stereocenters. The first-order chi connectivity index (χ1) is 9.12. The van der Waals surface area contributed by atoms with Crippen molar-refractivity contribution in [2.24, 2.45) is 5.92 Å². The molecule has 104 valence electrons. The molecule has 1 aromatic rings. The number of nitrogens with one attached hydrogen (secondary N) is 1. The number of carbonyl (C=O) groups excluding carboxylic acids is 1. The van der Waals surface area contributed by atoms with Crippen molar-refractivity contribution in [3.63, 3.8) is 0 Å². The molecule has 0 aliphatic heterocycles. The number of rotatable bonds is 5. The van der Waals surface area contributed by atoms with Crippen molar-refractivity contribution in [1.82, 2.24) is 5.32 Å². The number of aliphatic hydroxyl groups is 1. The Labute approximate surface area is 112 Å². The van der Waals surface area contributed by atoms with Crippen LogP contribution >= 0.6 is 0 Å². The molecule has 19 heavy (non-hydrogen) atoms. The number of hydrogen-bond acceptors (Lipinski definition) is 4. The Morgan fingerprint density at radius 2 is 1.84 bits per heavy atom. The van der Waals surface area contributed by atoms with Crippen LogP contribution in [0.1, 0.15) is 23.2 Å². The Bertz CT molecular complexity index is 433. The van der Waals surface area contributed by atoms with Gasteiger partial charge in [-0.15, -0.1) is 0 Å². The number of methoxy groups -OCH3 is 2. The summed E-state index contributed by atoms with van der Waals surface area (Å²) in [6, 6.07) is 5.07. The van der Waals surface area contributed by atoms with Crippen LogP contribution in [-0.2, 0) is 0 Å².